The van der Waals surface area contributed by atoms with Gasteiger partial charge in [0.05, 0.1) is 6.42 Å². The Morgan fingerprint density at radius 3 is 2.04 bits per heavy atom. The first-order valence-electron chi connectivity index (χ1n) is 9.50. The molecule has 0 bridgehead atoms. The first-order valence-corrected chi connectivity index (χ1v) is 10.3. The van der Waals surface area contributed by atoms with Crippen molar-refractivity contribution < 1.29 is 4.79 Å². The Morgan fingerprint density at radius 2 is 1.52 bits per heavy atom. The summed E-state index contributed by atoms with van der Waals surface area (Å²) in [5, 5.41) is 1.36. The first kappa shape index (κ1) is 20.2. The van der Waals surface area contributed by atoms with Gasteiger partial charge < -0.3 is 9.80 Å². The van der Waals surface area contributed by atoms with Crippen LogP contribution in [-0.4, -0.2) is 36.0 Å². The molecule has 144 valence electrons. The summed E-state index contributed by atoms with van der Waals surface area (Å²) in [6.07, 6.45) is 2.32. The van der Waals surface area contributed by atoms with Crippen molar-refractivity contribution in [2.75, 3.05) is 18.0 Å². The predicted octanol–water partition coefficient (Wildman–Crippen LogP) is 5.44. The van der Waals surface area contributed by atoms with Crippen molar-refractivity contribution in [3.05, 3.63) is 64.1 Å². The van der Waals surface area contributed by atoms with E-state index in [1.54, 1.807) is 0 Å². The lowest BCUT2D eigenvalue weighted by atomic mass is 9.99. The Balaban J connectivity index is 1.80. The second kappa shape index (κ2) is 9.09. The van der Waals surface area contributed by atoms with Crippen molar-refractivity contribution in [2.24, 2.45) is 0 Å². The fraction of sp³-hybridized carbons (Fsp3) is 0.409. The highest BCUT2D eigenvalue weighted by molar-refractivity contribution is 6.30. The van der Waals surface area contributed by atoms with Gasteiger partial charge in [-0.25, -0.2) is 0 Å². The van der Waals surface area contributed by atoms with E-state index in [4.69, 9.17) is 23.2 Å². The minimum absolute atomic E-state index is 0.114. The van der Waals surface area contributed by atoms with E-state index >= 15 is 0 Å². The predicted molar refractivity (Wildman–Crippen MR) is 114 cm³/mol. The number of carbonyl (C=O) groups is 1. The molecule has 0 radical (unpaired) electrons. The van der Waals surface area contributed by atoms with Gasteiger partial charge in [-0.05, 0) is 68.7 Å². The highest BCUT2D eigenvalue weighted by Gasteiger charge is 2.29. The summed E-state index contributed by atoms with van der Waals surface area (Å²) >= 11 is 12.0. The Labute approximate surface area is 171 Å². The van der Waals surface area contributed by atoms with Gasteiger partial charge in [0.1, 0.15) is 0 Å². The molecule has 5 heteroatoms. The molecule has 2 aromatic rings. The topological polar surface area (TPSA) is 23.6 Å². The third-order valence-corrected chi connectivity index (χ3v) is 5.74. The maximum atomic E-state index is 13.2. The highest BCUT2D eigenvalue weighted by Crippen LogP contribution is 2.27. The van der Waals surface area contributed by atoms with Crippen LogP contribution in [0.25, 0.3) is 0 Å². The van der Waals surface area contributed by atoms with Crippen molar-refractivity contribution in [1.82, 2.24) is 4.90 Å². The van der Waals surface area contributed by atoms with Gasteiger partial charge in [0.2, 0.25) is 5.91 Å². The standard InChI is InChI=1S/C22H26Cl2N2O/c1-16(2)25-13-11-21(12-14-25)26(20-9-7-19(24)8-10-20)22(27)15-17-3-5-18(23)6-4-17/h3-10,16,21H,11-15H2,1-2H3. The molecule has 2 aromatic carbocycles. The number of hydrogen-bond donors (Lipinski definition) is 0. The van der Waals surface area contributed by atoms with Crippen molar-refractivity contribution in [2.45, 2.75) is 45.2 Å². The molecule has 0 atom stereocenters. The van der Waals surface area contributed by atoms with E-state index in [0.717, 1.165) is 37.2 Å². The summed E-state index contributed by atoms with van der Waals surface area (Å²) in [5.41, 5.74) is 1.89. The molecule has 1 saturated heterocycles. The molecule has 0 N–H and O–H groups in total. The average Bonchev–Trinajstić information content (AvgIpc) is 2.66. The molecule has 0 saturated carbocycles. The third kappa shape index (κ3) is 5.25. The minimum atomic E-state index is 0.114. The summed E-state index contributed by atoms with van der Waals surface area (Å²) in [6, 6.07) is 15.8. The lowest BCUT2D eigenvalue weighted by molar-refractivity contribution is -0.118. The zero-order valence-electron chi connectivity index (χ0n) is 15.9. The van der Waals surface area contributed by atoms with Crippen LogP contribution in [0.5, 0.6) is 0 Å². The van der Waals surface area contributed by atoms with E-state index < -0.39 is 0 Å². The van der Waals surface area contributed by atoms with Gasteiger partial charge in [-0.3, -0.25) is 4.79 Å². The van der Waals surface area contributed by atoms with E-state index in [9.17, 15) is 4.79 Å². The number of carbonyl (C=O) groups excluding carboxylic acids is 1. The minimum Gasteiger partial charge on any atom is -0.309 e. The molecule has 0 spiro atoms. The molecule has 27 heavy (non-hydrogen) atoms. The molecule has 3 nitrogen and oxygen atoms in total. The molecule has 1 amide bonds. The Hall–Kier alpha value is -1.55. The summed E-state index contributed by atoms with van der Waals surface area (Å²) in [5.74, 6) is 0.114. The van der Waals surface area contributed by atoms with E-state index in [1.165, 1.54) is 0 Å². The van der Waals surface area contributed by atoms with E-state index in [2.05, 4.69) is 18.7 Å². The number of anilines is 1. The van der Waals surface area contributed by atoms with Crippen molar-refractivity contribution >= 4 is 34.8 Å². The highest BCUT2D eigenvalue weighted by atomic mass is 35.5. The zero-order valence-corrected chi connectivity index (χ0v) is 17.4. The van der Waals surface area contributed by atoms with Crippen LogP contribution < -0.4 is 4.90 Å². The van der Waals surface area contributed by atoms with Crippen LogP contribution >= 0.6 is 23.2 Å². The molecule has 1 aliphatic rings. The molecular formula is C22H26Cl2N2O. The fourth-order valence-corrected chi connectivity index (χ4v) is 3.93. The largest absolute Gasteiger partial charge is 0.309 e. The number of halogens is 2. The Kier molecular flexibility index (Phi) is 6.80. The Morgan fingerprint density at radius 1 is 1.00 bits per heavy atom. The van der Waals surface area contributed by atoms with E-state index in [0.29, 0.717) is 22.5 Å². The second-order valence-corrected chi connectivity index (χ2v) is 8.28. The first-order chi connectivity index (χ1) is 12.9. The van der Waals surface area contributed by atoms with Gasteiger partial charge in [0, 0.05) is 40.9 Å². The fourth-order valence-electron chi connectivity index (χ4n) is 3.68. The third-order valence-electron chi connectivity index (χ3n) is 5.24. The van der Waals surface area contributed by atoms with Gasteiger partial charge in [0.15, 0.2) is 0 Å². The van der Waals surface area contributed by atoms with Gasteiger partial charge >= 0.3 is 0 Å². The lowest BCUT2D eigenvalue weighted by Crippen LogP contribution is -2.49. The van der Waals surface area contributed by atoms with E-state index in [1.807, 2.05) is 53.4 Å². The smallest absolute Gasteiger partial charge is 0.231 e. The van der Waals surface area contributed by atoms with Crippen LogP contribution in [0.1, 0.15) is 32.3 Å². The number of rotatable bonds is 5. The molecule has 1 fully saturated rings. The average molecular weight is 405 g/mol. The van der Waals surface area contributed by atoms with Crippen LogP contribution in [-0.2, 0) is 11.2 Å². The normalized spacial score (nSPS) is 15.9. The second-order valence-electron chi connectivity index (χ2n) is 7.40. The summed E-state index contributed by atoms with van der Waals surface area (Å²) in [4.78, 5) is 17.7. The monoisotopic (exact) mass is 404 g/mol. The van der Waals surface area contributed by atoms with Crippen molar-refractivity contribution in [1.29, 1.82) is 0 Å². The van der Waals surface area contributed by atoms with E-state index in [-0.39, 0.29) is 11.9 Å². The molecule has 3 rings (SSSR count). The number of piperidine rings is 1. The van der Waals surface area contributed by atoms with Crippen LogP contribution in [0.15, 0.2) is 48.5 Å². The summed E-state index contributed by atoms with van der Waals surface area (Å²) in [6.45, 7) is 6.48. The number of amides is 1. The number of hydrogen-bond acceptors (Lipinski definition) is 2. The molecule has 0 aromatic heterocycles. The van der Waals surface area contributed by atoms with Crippen LogP contribution in [0.3, 0.4) is 0 Å². The maximum absolute atomic E-state index is 13.2. The molecule has 1 heterocycles. The van der Waals surface area contributed by atoms with Crippen LogP contribution in [0.2, 0.25) is 10.0 Å². The lowest BCUT2D eigenvalue weighted by Gasteiger charge is -2.40. The molecule has 1 aliphatic heterocycles. The van der Waals surface area contributed by atoms with Crippen LogP contribution in [0.4, 0.5) is 5.69 Å². The SMILES string of the molecule is CC(C)N1CCC(N(C(=O)Cc2ccc(Cl)cc2)c2ccc(Cl)cc2)CC1. The molecular weight excluding hydrogens is 379 g/mol. The number of likely N-dealkylation sites (tertiary alicyclic amines) is 1. The number of benzene rings is 2. The Bertz CT molecular complexity index is 751. The van der Waals surface area contributed by atoms with Crippen molar-refractivity contribution in [3.63, 3.8) is 0 Å². The van der Waals surface area contributed by atoms with Crippen molar-refractivity contribution in [3.8, 4) is 0 Å². The quantitative estimate of drug-likeness (QED) is 0.661. The van der Waals surface area contributed by atoms with Gasteiger partial charge in [0.25, 0.3) is 0 Å². The molecule has 0 unspecified atom stereocenters. The molecule has 0 aliphatic carbocycles. The maximum Gasteiger partial charge on any atom is 0.231 e. The van der Waals surface area contributed by atoms with Gasteiger partial charge in [-0.15, -0.1) is 0 Å². The zero-order chi connectivity index (χ0) is 19.4. The van der Waals surface area contributed by atoms with Gasteiger partial charge in [-0.1, -0.05) is 35.3 Å². The summed E-state index contributed by atoms with van der Waals surface area (Å²) < 4.78 is 0. The summed E-state index contributed by atoms with van der Waals surface area (Å²) in [7, 11) is 0. The van der Waals surface area contributed by atoms with Crippen LogP contribution in [0, 0.1) is 0 Å². The number of nitrogens with zero attached hydrogens (tertiary/aromatic N) is 2. The van der Waals surface area contributed by atoms with Gasteiger partial charge in [-0.2, -0.15) is 0 Å².